The zero-order chi connectivity index (χ0) is 5.21. The van der Waals surface area contributed by atoms with E-state index in [0.717, 1.165) is 0 Å². The van der Waals surface area contributed by atoms with Crippen LogP contribution < -0.4 is 17.2 Å². The van der Waals surface area contributed by atoms with Gasteiger partial charge < -0.3 is 0 Å². The van der Waals surface area contributed by atoms with Crippen LogP contribution in [-0.4, -0.2) is 27.6 Å². The van der Waals surface area contributed by atoms with Crippen LogP contribution in [0.15, 0.2) is 0 Å². The van der Waals surface area contributed by atoms with Crippen LogP contribution in [0.2, 0.25) is 0 Å². The van der Waals surface area contributed by atoms with Crippen molar-refractivity contribution in [2.45, 2.75) is 4.50 Å². The molecule has 0 bridgehead atoms. The minimum absolute atomic E-state index is 0.410. The minimum atomic E-state index is -0.493. The van der Waals surface area contributed by atoms with E-state index in [1.165, 1.54) is 0 Å². The summed E-state index contributed by atoms with van der Waals surface area (Å²) in [5, 5.41) is 0. The summed E-state index contributed by atoms with van der Waals surface area (Å²) in [6, 6.07) is 0. The normalized spacial score (nSPS) is 12.5. The van der Waals surface area contributed by atoms with Crippen LogP contribution in [0.3, 0.4) is 0 Å². The molecule has 0 spiro atoms. The molecule has 6 heavy (non-hydrogen) atoms. The van der Waals surface area contributed by atoms with Crippen molar-refractivity contribution in [2.24, 2.45) is 17.2 Å². The molecule has 38 valence electrons. The first kappa shape index (κ1) is 6.42. The molecule has 3 nitrogen and oxygen atoms in total. The molecule has 0 radical (unpaired) electrons. The number of hydrogen-bond donors (Lipinski definition) is 3. The third-order valence-corrected chi connectivity index (χ3v) is 1.30. The molecule has 0 rings (SSSR count). The average molecular weight is 150 g/mol. The molecular formula is C2H11GeN3. The van der Waals surface area contributed by atoms with Gasteiger partial charge in [0.05, 0.1) is 0 Å². The van der Waals surface area contributed by atoms with Gasteiger partial charge in [-0.15, -0.1) is 0 Å². The zero-order valence-corrected chi connectivity index (χ0v) is 8.14. The molecule has 0 heterocycles. The summed E-state index contributed by atoms with van der Waals surface area (Å²) < 4.78 is -0.493. The Kier molecular flexibility index (Phi) is 2.06. The van der Waals surface area contributed by atoms with E-state index in [0.29, 0.717) is 23.1 Å². The molecule has 0 fully saturated rings. The summed E-state index contributed by atoms with van der Waals surface area (Å²) in [6.07, 6.45) is 0. The Morgan fingerprint density at radius 2 is 1.67 bits per heavy atom. The van der Waals surface area contributed by atoms with Crippen molar-refractivity contribution in [1.29, 1.82) is 0 Å². The fourth-order valence-corrected chi connectivity index (χ4v) is 0. The van der Waals surface area contributed by atoms with Gasteiger partial charge in [0.15, 0.2) is 0 Å². The summed E-state index contributed by atoms with van der Waals surface area (Å²) in [7, 11) is 0. The zero-order valence-electron chi connectivity index (χ0n) is 3.94. The van der Waals surface area contributed by atoms with Gasteiger partial charge in [0.25, 0.3) is 0 Å². The Hall–Kier alpha value is 0.423. The van der Waals surface area contributed by atoms with Crippen LogP contribution in [0.25, 0.3) is 0 Å². The molecule has 0 saturated carbocycles. The van der Waals surface area contributed by atoms with Gasteiger partial charge in [0.2, 0.25) is 0 Å². The molecule has 0 aliphatic heterocycles. The van der Waals surface area contributed by atoms with Crippen molar-refractivity contribution >= 4 is 16.5 Å². The molecule has 0 unspecified atom stereocenters. The molecule has 0 aliphatic carbocycles. The monoisotopic (exact) mass is 151 g/mol. The van der Waals surface area contributed by atoms with E-state index in [-0.39, 0.29) is 0 Å². The van der Waals surface area contributed by atoms with E-state index in [4.69, 9.17) is 17.2 Å². The topological polar surface area (TPSA) is 78.1 Å². The second-order valence-electron chi connectivity index (χ2n) is 1.71. The second-order valence-corrected chi connectivity index (χ2v) is 5.62. The summed E-state index contributed by atoms with van der Waals surface area (Å²) >= 11 is 0.439. The van der Waals surface area contributed by atoms with E-state index in [1.54, 1.807) is 0 Å². The molecule has 0 aromatic rings. The van der Waals surface area contributed by atoms with Gasteiger partial charge in [-0.25, -0.2) is 0 Å². The fourth-order valence-electron chi connectivity index (χ4n) is 0. The Morgan fingerprint density at radius 3 is 1.67 bits per heavy atom. The number of hydrogen-bond acceptors (Lipinski definition) is 3. The predicted molar refractivity (Wildman–Crippen MR) is 30.1 cm³/mol. The first-order chi connectivity index (χ1) is 2.56. The second kappa shape index (κ2) is 1.93. The van der Waals surface area contributed by atoms with E-state index in [9.17, 15) is 0 Å². The molecule has 0 aliphatic rings. The Labute approximate surface area is 45.5 Å². The van der Waals surface area contributed by atoms with E-state index in [2.05, 4.69) is 0 Å². The standard InChI is InChI=1S/C2H11GeN3/c3-2(5,6)1-4/h1,4-6H2,3H3. The molecule has 0 amide bonds. The molecular weight excluding hydrogens is 139 g/mol. The molecule has 0 aromatic heterocycles. The molecule has 6 N–H and O–H groups in total. The molecule has 0 aromatic carbocycles. The van der Waals surface area contributed by atoms with Crippen LogP contribution in [0, 0.1) is 0 Å². The third-order valence-electron chi connectivity index (χ3n) is 0.440. The molecule has 0 atom stereocenters. The summed E-state index contributed by atoms with van der Waals surface area (Å²) in [6.45, 7) is 0.410. The van der Waals surface area contributed by atoms with Crippen molar-refractivity contribution in [3.8, 4) is 0 Å². The fraction of sp³-hybridized carbons (Fsp3) is 1.00. The van der Waals surface area contributed by atoms with Gasteiger partial charge in [-0.3, -0.25) is 0 Å². The Bertz CT molecular complexity index is 38.5. The van der Waals surface area contributed by atoms with Crippen LogP contribution in [0.4, 0.5) is 0 Å². The Morgan fingerprint density at radius 1 is 1.50 bits per heavy atom. The van der Waals surface area contributed by atoms with Crippen molar-refractivity contribution in [3.05, 3.63) is 0 Å². The van der Waals surface area contributed by atoms with Crippen molar-refractivity contribution in [3.63, 3.8) is 0 Å². The Balaban J connectivity index is 3.17. The van der Waals surface area contributed by atoms with Crippen LogP contribution in [0.1, 0.15) is 0 Å². The van der Waals surface area contributed by atoms with Crippen molar-refractivity contribution in [1.82, 2.24) is 0 Å². The maximum absolute atomic E-state index is 5.27. The summed E-state index contributed by atoms with van der Waals surface area (Å²) in [5.41, 5.74) is 15.6. The van der Waals surface area contributed by atoms with Gasteiger partial charge in [0.1, 0.15) is 0 Å². The quantitative estimate of drug-likeness (QED) is 0.273. The first-order valence-corrected chi connectivity index (χ1v) is 3.94. The number of nitrogens with two attached hydrogens (primary N) is 3. The van der Waals surface area contributed by atoms with Gasteiger partial charge in [-0.2, -0.15) is 0 Å². The van der Waals surface area contributed by atoms with Gasteiger partial charge in [-0.1, -0.05) is 0 Å². The average Bonchev–Trinajstić information content (AvgIpc) is 1.35. The van der Waals surface area contributed by atoms with E-state index >= 15 is 0 Å². The predicted octanol–water partition coefficient (Wildman–Crippen LogP) is -3.12. The van der Waals surface area contributed by atoms with Crippen LogP contribution in [-0.2, 0) is 0 Å². The van der Waals surface area contributed by atoms with Gasteiger partial charge >= 0.3 is 44.8 Å². The van der Waals surface area contributed by atoms with Crippen LogP contribution >= 0.6 is 0 Å². The maximum atomic E-state index is 5.27. The van der Waals surface area contributed by atoms with Crippen LogP contribution in [0.5, 0.6) is 0 Å². The number of rotatable bonds is 1. The molecule has 0 saturated heterocycles. The SMILES string of the molecule is NC[C](N)(N)[GeH3]. The van der Waals surface area contributed by atoms with Crippen molar-refractivity contribution < 1.29 is 0 Å². The van der Waals surface area contributed by atoms with Gasteiger partial charge in [0, 0.05) is 0 Å². The summed E-state index contributed by atoms with van der Waals surface area (Å²) in [5.74, 6) is 0. The van der Waals surface area contributed by atoms with E-state index in [1.807, 2.05) is 0 Å². The molecule has 4 heteroatoms. The summed E-state index contributed by atoms with van der Waals surface area (Å²) in [4.78, 5) is 0. The first-order valence-electron chi connectivity index (χ1n) is 1.84. The third kappa shape index (κ3) is 4.42. The van der Waals surface area contributed by atoms with Crippen molar-refractivity contribution in [2.75, 3.05) is 6.54 Å². The van der Waals surface area contributed by atoms with E-state index < -0.39 is 4.50 Å². The van der Waals surface area contributed by atoms with Gasteiger partial charge in [-0.05, 0) is 0 Å².